The molecule has 1 aromatic heterocycles. The minimum Gasteiger partial charge on any atom is -0.497 e. The zero-order valence-electron chi connectivity index (χ0n) is 16.7. The summed E-state index contributed by atoms with van der Waals surface area (Å²) < 4.78 is 10.6. The predicted octanol–water partition coefficient (Wildman–Crippen LogP) is 3.81. The molecule has 0 aliphatic rings. The van der Waals surface area contributed by atoms with Gasteiger partial charge >= 0.3 is 0 Å². The summed E-state index contributed by atoms with van der Waals surface area (Å²) in [5.41, 5.74) is 1.76. The Bertz CT molecular complexity index is 774. The lowest BCUT2D eigenvalue weighted by molar-refractivity contribution is 0.0749. The zero-order valence-corrected chi connectivity index (χ0v) is 16.7. The van der Waals surface area contributed by atoms with Crippen molar-refractivity contribution < 1.29 is 14.3 Å². The fourth-order valence-corrected chi connectivity index (χ4v) is 2.78. The third kappa shape index (κ3) is 5.32. The third-order valence-corrected chi connectivity index (χ3v) is 4.00. The molecule has 7 nitrogen and oxygen atoms in total. The highest BCUT2D eigenvalue weighted by atomic mass is 16.5. The van der Waals surface area contributed by atoms with Crippen LogP contribution in [-0.2, 0) is 0 Å². The molecule has 0 unspecified atom stereocenters. The van der Waals surface area contributed by atoms with E-state index >= 15 is 0 Å². The smallest absolute Gasteiger partial charge is 0.272 e. The first-order valence-corrected chi connectivity index (χ1v) is 9.16. The van der Waals surface area contributed by atoms with E-state index in [1.165, 1.54) is 0 Å². The highest BCUT2D eigenvalue weighted by Crippen LogP contribution is 2.30. The third-order valence-electron chi connectivity index (χ3n) is 4.00. The van der Waals surface area contributed by atoms with Gasteiger partial charge in [0.1, 0.15) is 17.2 Å². The van der Waals surface area contributed by atoms with Crippen molar-refractivity contribution in [2.24, 2.45) is 0 Å². The van der Waals surface area contributed by atoms with Crippen molar-refractivity contribution in [2.75, 3.05) is 32.6 Å². The van der Waals surface area contributed by atoms with Crippen molar-refractivity contribution in [3.05, 3.63) is 35.7 Å². The minimum atomic E-state index is -0.0788. The molecule has 0 spiro atoms. The number of methoxy groups -OCH3 is 2. The summed E-state index contributed by atoms with van der Waals surface area (Å²) in [4.78, 5) is 23.5. The Hall–Kier alpha value is -2.83. The summed E-state index contributed by atoms with van der Waals surface area (Å²) in [5, 5.41) is 3.14. The molecule has 27 heavy (non-hydrogen) atoms. The number of hydrogen-bond acceptors (Lipinski definition) is 6. The summed E-state index contributed by atoms with van der Waals surface area (Å²) >= 11 is 0. The van der Waals surface area contributed by atoms with E-state index in [2.05, 4.69) is 29.1 Å². The molecule has 1 aromatic carbocycles. The van der Waals surface area contributed by atoms with E-state index in [-0.39, 0.29) is 5.91 Å². The van der Waals surface area contributed by atoms with E-state index in [9.17, 15) is 4.79 Å². The van der Waals surface area contributed by atoms with Crippen LogP contribution in [0.5, 0.6) is 11.5 Å². The van der Waals surface area contributed by atoms with E-state index in [0.717, 1.165) is 12.8 Å². The molecule has 0 aliphatic heterocycles. The Kier molecular flexibility index (Phi) is 7.40. The van der Waals surface area contributed by atoms with Gasteiger partial charge in [0.2, 0.25) is 5.95 Å². The van der Waals surface area contributed by atoms with Gasteiger partial charge in [-0.05, 0) is 38.0 Å². The number of carbonyl (C=O) groups excluding carboxylic acids is 1. The normalized spacial score (nSPS) is 10.4. The number of benzene rings is 1. The number of nitrogens with one attached hydrogen (secondary N) is 1. The Labute approximate surface area is 160 Å². The van der Waals surface area contributed by atoms with Crippen LogP contribution in [0.15, 0.2) is 24.3 Å². The lowest BCUT2D eigenvalue weighted by Gasteiger charge is -2.21. The van der Waals surface area contributed by atoms with Crippen LogP contribution < -0.4 is 14.8 Å². The number of nitrogens with zero attached hydrogens (tertiary/aromatic N) is 3. The van der Waals surface area contributed by atoms with Crippen LogP contribution in [0, 0.1) is 6.92 Å². The van der Waals surface area contributed by atoms with Gasteiger partial charge in [0, 0.05) is 24.8 Å². The van der Waals surface area contributed by atoms with Crippen LogP contribution in [-0.4, -0.2) is 48.1 Å². The van der Waals surface area contributed by atoms with Gasteiger partial charge in [0.15, 0.2) is 0 Å². The minimum absolute atomic E-state index is 0.0788. The lowest BCUT2D eigenvalue weighted by atomic mass is 10.2. The SMILES string of the molecule is CCCN(CCC)C(=O)c1cc(C)nc(Nc2cc(OC)ccc2OC)n1. The summed E-state index contributed by atoms with van der Waals surface area (Å²) in [6.45, 7) is 7.38. The van der Waals surface area contributed by atoms with Crippen molar-refractivity contribution in [2.45, 2.75) is 33.6 Å². The first-order chi connectivity index (χ1) is 13.0. The highest BCUT2D eigenvalue weighted by molar-refractivity contribution is 5.92. The van der Waals surface area contributed by atoms with Crippen molar-refractivity contribution in [3.63, 3.8) is 0 Å². The molecular weight excluding hydrogens is 344 g/mol. The van der Waals surface area contributed by atoms with E-state index in [1.807, 2.05) is 17.9 Å². The van der Waals surface area contributed by atoms with Crippen molar-refractivity contribution in [1.29, 1.82) is 0 Å². The van der Waals surface area contributed by atoms with Crippen molar-refractivity contribution in [3.8, 4) is 11.5 Å². The Balaban J connectivity index is 2.33. The molecule has 0 aliphatic carbocycles. The topological polar surface area (TPSA) is 76.6 Å². The Morgan fingerprint density at radius 3 is 2.37 bits per heavy atom. The molecule has 2 rings (SSSR count). The first kappa shape index (κ1) is 20.5. The van der Waals surface area contributed by atoms with E-state index in [1.54, 1.807) is 32.4 Å². The van der Waals surface area contributed by atoms with E-state index in [0.29, 0.717) is 47.6 Å². The average molecular weight is 372 g/mol. The molecule has 7 heteroatoms. The fraction of sp³-hybridized carbons (Fsp3) is 0.450. The first-order valence-electron chi connectivity index (χ1n) is 9.16. The molecule has 1 amide bonds. The summed E-state index contributed by atoms with van der Waals surface area (Å²) in [6, 6.07) is 7.12. The Morgan fingerprint density at radius 1 is 1.07 bits per heavy atom. The molecule has 1 heterocycles. The van der Waals surface area contributed by atoms with E-state index in [4.69, 9.17) is 9.47 Å². The summed E-state index contributed by atoms with van der Waals surface area (Å²) in [5.74, 6) is 1.58. The fourth-order valence-electron chi connectivity index (χ4n) is 2.78. The number of amides is 1. The molecule has 0 fully saturated rings. The molecule has 0 saturated carbocycles. The van der Waals surface area contributed by atoms with Gasteiger partial charge in [-0.2, -0.15) is 0 Å². The second kappa shape index (κ2) is 9.75. The largest absolute Gasteiger partial charge is 0.497 e. The van der Waals surface area contributed by atoms with Crippen LogP contribution in [0.25, 0.3) is 0 Å². The number of rotatable bonds is 9. The number of aryl methyl sites for hydroxylation is 1. The van der Waals surface area contributed by atoms with Gasteiger partial charge in [-0.25, -0.2) is 9.97 Å². The van der Waals surface area contributed by atoms with Gasteiger partial charge in [0.25, 0.3) is 5.91 Å². The molecule has 0 bridgehead atoms. The molecular formula is C20H28N4O3. The standard InChI is InChI=1S/C20H28N4O3/c1-6-10-24(11-7-2)19(25)17-12-14(3)21-20(23-17)22-16-13-15(26-4)8-9-18(16)27-5/h8-9,12-13H,6-7,10-11H2,1-5H3,(H,21,22,23). The zero-order chi connectivity index (χ0) is 19.8. The van der Waals surface area contributed by atoms with Gasteiger partial charge in [-0.3, -0.25) is 4.79 Å². The molecule has 146 valence electrons. The number of carbonyl (C=O) groups is 1. The predicted molar refractivity (Wildman–Crippen MR) is 106 cm³/mol. The van der Waals surface area contributed by atoms with Crippen LogP contribution in [0.1, 0.15) is 42.9 Å². The molecule has 0 radical (unpaired) electrons. The van der Waals surface area contributed by atoms with Crippen molar-refractivity contribution >= 4 is 17.5 Å². The molecule has 0 atom stereocenters. The van der Waals surface area contributed by atoms with Crippen LogP contribution in [0.2, 0.25) is 0 Å². The van der Waals surface area contributed by atoms with Crippen LogP contribution in [0.4, 0.5) is 11.6 Å². The monoisotopic (exact) mass is 372 g/mol. The maximum atomic E-state index is 12.9. The van der Waals surface area contributed by atoms with Gasteiger partial charge in [-0.15, -0.1) is 0 Å². The number of anilines is 2. The maximum absolute atomic E-state index is 12.9. The lowest BCUT2D eigenvalue weighted by Crippen LogP contribution is -2.33. The maximum Gasteiger partial charge on any atom is 0.272 e. The summed E-state index contributed by atoms with van der Waals surface area (Å²) in [6.07, 6.45) is 1.81. The second-order valence-electron chi connectivity index (χ2n) is 6.20. The van der Waals surface area contributed by atoms with Crippen LogP contribution >= 0.6 is 0 Å². The quantitative estimate of drug-likeness (QED) is 0.721. The van der Waals surface area contributed by atoms with Gasteiger partial charge < -0.3 is 19.7 Å². The average Bonchev–Trinajstić information content (AvgIpc) is 2.66. The van der Waals surface area contributed by atoms with Crippen LogP contribution in [0.3, 0.4) is 0 Å². The van der Waals surface area contributed by atoms with Gasteiger partial charge in [0.05, 0.1) is 19.9 Å². The number of aromatic nitrogens is 2. The van der Waals surface area contributed by atoms with Crippen molar-refractivity contribution in [1.82, 2.24) is 14.9 Å². The molecule has 1 N–H and O–H groups in total. The number of hydrogen-bond donors (Lipinski definition) is 1. The van der Waals surface area contributed by atoms with E-state index < -0.39 is 0 Å². The molecule has 2 aromatic rings. The Morgan fingerprint density at radius 2 is 1.78 bits per heavy atom. The molecule has 0 saturated heterocycles. The number of ether oxygens (including phenoxy) is 2. The second-order valence-corrected chi connectivity index (χ2v) is 6.20. The van der Waals surface area contributed by atoms with Gasteiger partial charge in [-0.1, -0.05) is 13.8 Å². The summed E-state index contributed by atoms with van der Waals surface area (Å²) in [7, 11) is 3.19. The highest BCUT2D eigenvalue weighted by Gasteiger charge is 2.18.